The van der Waals surface area contributed by atoms with E-state index in [0.717, 1.165) is 176 Å². The fourth-order valence-electron chi connectivity index (χ4n) is 18.9. The summed E-state index contributed by atoms with van der Waals surface area (Å²) in [4.78, 5) is 61.8. The molecule has 142 heavy (non-hydrogen) atoms. The maximum Gasteiger partial charge on any atom is 0.306 e. The maximum atomic E-state index is 14.2. The first-order chi connectivity index (χ1) is 69.2. The molecule has 2 fully saturated rings. The van der Waals surface area contributed by atoms with Crippen LogP contribution in [0, 0.1) is 17.8 Å². The summed E-state index contributed by atoms with van der Waals surface area (Å²) in [6.07, 6.45) is 52.5. The molecule has 2 amide bonds. The Morgan fingerprint density at radius 1 is 0.345 bits per heavy atom. The Morgan fingerprint density at radius 2 is 0.683 bits per heavy atom. The molecule has 0 radical (unpaired) electrons. The highest BCUT2D eigenvalue weighted by molar-refractivity contribution is 5.78. The number of aliphatic hydroxyl groups is 6. The van der Waals surface area contributed by atoms with E-state index in [0.29, 0.717) is 89.7 Å². The molecule has 4 aromatic rings. The van der Waals surface area contributed by atoms with Gasteiger partial charge in [0.15, 0.2) is 12.6 Å². The van der Waals surface area contributed by atoms with E-state index in [1.807, 2.05) is 72.8 Å². The van der Waals surface area contributed by atoms with Gasteiger partial charge in [-0.1, -0.05) is 465 Å². The highest BCUT2D eigenvalue weighted by Gasteiger charge is 2.46. The zero-order chi connectivity index (χ0) is 103. The first kappa shape index (κ1) is 128. The fourth-order valence-corrected chi connectivity index (χ4v) is 18.9. The Bertz CT molecular complexity index is 3590. The lowest BCUT2D eigenvalue weighted by atomic mass is 9.79. The molecule has 9 N–H and O–H groups in total. The van der Waals surface area contributed by atoms with Crippen molar-refractivity contribution in [3.8, 4) is 0 Å². The molecule has 0 spiro atoms. The van der Waals surface area contributed by atoms with Gasteiger partial charge in [-0.2, -0.15) is 0 Å². The van der Waals surface area contributed by atoms with Gasteiger partial charge in [-0.15, -0.1) is 0 Å². The summed E-state index contributed by atoms with van der Waals surface area (Å²) >= 11 is 0. The number of benzene rings is 4. The van der Waals surface area contributed by atoms with Crippen molar-refractivity contribution in [1.82, 2.24) is 10.6 Å². The van der Waals surface area contributed by atoms with Gasteiger partial charge < -0.3 is 84.3 Å². The average molecular weight is 1990 g/mol. The molecule has 22 nitrogen and oxygen atoms in total. The first-order valence-corrected chi connectivity index (χ1v) is 57.2. The number of amides is 2. The Kier molecular flexibility index (Phi) is 78.4. The Balaban J connectivity index is 0.000000550. The van der Waals surface area contributed by atoms with E-state index in [4.69, 9.17) is 43.0 Å². The molecule has 0 saturated carbocycles. The molecule has 16 atom stereocenters. The number of aliphatic hydroxyl groups excluding tert-OH is 6. The Morgan fingerprint density at radius 3 is 1.10 bits per heavy atom. The minimum atomic E-state index is -1.62. The molecular weight excluding hydrogens is 1790 g/mol. The van der Waals surface area contributed by atoms with E-state index >= 15 is 0 Å². The van der Waals surface area contributed by atoms with Gasteiger partial charge in [0, 0.05) is 44.4 Å². The predicted molar refractivity (Wildman–Crippen MR) is 572 cm³/mol. The van der Waals surface area contributed by atoms with Crippen molar-refractivity contribution in [1.29, 1.82) is 0 Å². The molecule has 2 aliphatic heterocycles. The van der Waals surface area contributed by atoms with Gasteiger partial charge in [-0.3, -0.25) is 24.0 Å². The molecule has 2 aliphatic rings. The number of rotatable bonds is 87. The summed E-state index contributed by atoms with van der Waals surface area (Å²) < 4.78 is 50.6. The summed E-state index contributed by atoms with van der Waals surface area (Å²) in [7, 11) is 0. The summed E-state index contributed by atoms with van der Waals surface area (Å²) in [5, 5.41) is 76.8. The lowest BCUT2D eigenvalue weighted by Gasteiger charge is -2.44. The van der Waals surface area contributed by atoms with Crippen molar-refractivity contribution >= 4 is 29.5 Å². The van der Waals surface area contributed by atoms with Crippen LogP contribution in [0.25, 0.3) is 0 Å². The predicted octanol–water partition coefficient (Wildman–Crippen LogP) is 26.4. The average Bonchev–Trinajstić information content (AvgIpc) is 0.813. The van der Waals surface area contributed by atoms with Crippen LogP contribution in [-0.2, 0) is 88.3 Å². The van der Waals surface area contributed by atoms with Gasteiger partial charge in [0.05, 0.1) is 76.6 Å². The number of nitrogens with one attached hydrogen (secondary N) is 2. The number of esters is 1. The lowest BCUT2D eigenvalue weighted by Crippen LogP contribution is -2.60. The summed E-state index contributed by atoms with van der Waals surface area (Å²) in [6.45, 7) is 17.1. The number of carbonyl (C=O) groups excluding carboxylic acids is 4. The summed E-state index contributed by atoms with van der Waals surface area (Å²) in [5.74, 6) is -0.0109. The number of Topliss-reactive ketones (excluding diaryl/α,β-unsaturated/α-hetero) is 1. The van der Waals surface area contributed by atoms with E-state index in [1.54, 1.807) is 0 Å². The van der Waals surface area contributed by atoms with Crippen LogP contribution in [0.5, 0.6) is 0 Å². The van der Waals surface area contributed by atoms with Crippen molar-refractivity contribution in [2.75, 3.05) is 26.4 Å². The lowest BCUT2D eigenvalue weighted by molar-refractivity contribution is -0.303. The molecule has 0 aliphatic carbocycles. The van der Waals surface area contributed by atoms with Gasteiger partial charge in [0.25, 0.3) is 0 Å². The number of carboxylic acids is 1. The number of ether oxygens (including phenoxy) is 8. The van der Waals surface area contributed by atoms with Crippen LogP contribution in [0.15, 0.2) is 121 Å². The molecule has 2 saturated heterocycles. The second-order valence-electron chi connectivity index (χ2n) is 41.1. The van der Waals surface area contributed by atoms with Crippen molar-refractivity contribution in [2.24, 2.45) is 17.8 Å². The molecular formula is C120H202N2O20. The maximum absolute atomic E-state index is 14.2. The minimum Gasteiger partial charge on any atom is -0.481 e. The number of unbranched alkanes of at least 4 members (excludes halogenated alkanes) is 46. The van der Waals surface area contributed by atoms with E-state index in [1.165, 1.54) is 180 Å². The quantitative estimate of drug-likeness (QED) is 0.0146. The van der Waals surface area contributed by atoms with Crippen molar-refractivity contribution in [2.45, 2.75) is 540 Å². The molecule has 0 aromatic heterocycles. The van der Waals surface area contributed by atoms with Crippen LogP contribution in [0.1, 0.15) is 456 Å². The number of hydrogen-bond donors (Lipinski definition) is 9. The van der Waals surface area contributed by atoms with E-state index in [-0.39, 0.29) is 61.5 Å². The normalized spacial score (nSPS) is 19.2. The highest BCUT2D eigenvalue weighted by atomic mass is 16.7. The Labute approximate surface area is 860 Å². The number of aliphatic carboxylic acids is 1. The van der Waals surface area contributed by atoms with Crippen LogP contribution in [-0.4, -0.2) is 171 Å². The molecule has 4 aromatic carbocycles. The third kappa shape index (κ3) is 63.6. The Hall–Kier alpha value is -6.09. The molecule has 4 unspecified atom stereocenters. The van der Waals surface area contributed by atoms with E-state index in [2.05, 4.69) is 108 Å². The summed E-state index contributed by atoms with van der Waals surface area (Å²) in [5.41, 5.74) is 4.30. The van der Waals surface area contributed by atoms with Crippen LogP contribution >= 0.6 is 0 Å². The number of carboxylic acid groups (broad SMARTS) is 1. The topological polar surface area (TPSA) is 325 Å². The van der Waals surface area contributed by atoms with Crippen LogP contribution in [0.2, 0.25) is 0 Å². The van der Waals surface area contributed by atoms with Crippen molar-refractivity contribution < 1.29 is 97.6 Å². The van der Waals surface area contributed by atoms with Crippen molar-refractivity contribution in [3.05, 3.63) is 144 Å². The molecule has 2 heterocycles. The summed E-state index contributed by atoms with van der Waals surface area (Å²) in [6, 6.07) is 39.2. The number of ketones is 1. The zero-order valence-electron chi connectivity index (χ0n) is 89.8. The van der Waals surface area contributed by atoms with Gasteiger partial charge in [0.1, 0.15) is 49.0 Å². The zero-order valence-corrected chi connectivity index (χ0v) is 89.8. The molecule has 0 bridgehead atoms. The first-order valence-electron chi connectivity index (χ1n) is 57.2. The second kappa shape index (κ2) is 86.8. The molecule has 812 valence electrons. The second-order valence-corrected chi connectivity index (χ2v) is 41.1. The smallest absolute Gasteiger partial charge is 0.306 e. The largest absolute Gasteiger partial charge is 0.481 e. The van der Waals surface area contributed by atoms with E-state index in [9.17, 15) is 54.6 Å². The van der Waals surface area contributed by atoms with Crippen molar-refractivity contribution in [3.63, 3.8) is 0 Å². The van der Waals surface area contributed by atoms with Crippen LogP contribution in [0.3, 0.4) is 0 Å². The fraction of sp³-hybridized carbons (Fsp3) is 0.758. The molecule has 6 rings (SSSR count). The monoisotopic (exact) mass is 1990 g/mol. The highest BCUT2D eigenvalue weighted by Crippen LogP contribution is 2.37. The number of hydrogen-bond acceptors (Lipinski definition) is 19. The van der Waals surface area contributed by atoms with E-state index < -0.39 is 80.0 Å². The van der Waals surface area contributed by atoms with Gasteiger partial charge >= 0.3 is 11.9 Å². The standard InChI is InChI=1S/C66H97NO8.C44H85NO10.C10H20O2/c1-5-6-7-8-9-10-11-12-13-15-18-33-44-61(71-48-57-38-27-22-28-39-57)65(73-50-59-42-31-24-32-43-59)60(51-74-66-55(4)53(2)54(3)62(75-66)52-70-47-56-36-25-21-26-37-56)67-63(68)45-34-19-16-14-17-20-35-46-64(69)72-49-58-40-29-23-30-41-58;1-3-5-7-9-11-12-13-14-15-19-23-27-31-37(48)40(50)36(34-54-44-43(53)42(52)41(51)38(33-46)55-44)45-39(49)32-28-24-20-16-18-22-26-30-35(47)29-25-21-17-10-8-6-4-2;1-2-3-4-5-6-7-8-9-10(11)12/h21-32,36-43,53-55,60-62,65-66H,5-20,33-35,44-52H2,1-4H3,(H,67,68);36-38,40-44,46,48,50-53H,3-34H2,1-2H3,(H,45,49);2-9H2,1H3,(H,11,12)/t53-,54+,55?,60-,61+,62?,65-,66-;36-,37+,38?,40-,41-,42-,43?,44-;/m00./s1. The van der Waals surface area contributed by atoms with Crippen LogP contribution < -0.4 is 10.6 Å². The minimum absolute atomic E-state index is 0.00936. The van der Waals surface area contributed by atoms with Crippen LogP contribution in [0.4, 0.5) is 0 Å². The van der Waals surface area contributed by atoms with Gasteiger partial charge in [-0.25, -0.2) is 0 Å². The van der Waals surface area contributed by atoms with Gasteiger partial charge in [-0.05, 0) is 85.5 Å². The third-order valence-corrected chi connectivity index (χ3v) is 28.6. The third-order valence-electron chi connectivity index (χ3n) is 28.6. The number of carbonyl (C=O) groups is 5. The van der Waals surface area contributed by atoms with Gasteiger partial charge in [0.2, 0.25) is 11.8 Å². The molecule has 22 heteroatoms. The SMILES string of the molecule is CCCCCCCCCC(=O)O.CCCCCCCCCCCCCC[C@@H](O)[C@@H](O)[C@H](CO[C@H]1OC(CO)[C@H](O)[C@H](O)C1O)NC(=O)CCCCCCCCCC(=O)CCCCCCCCC.CCCCCCCCCCCCCC[C@@H](OCc1ccccc1)[C@@H](OCc1ccccc1)[C@H](CO[C@H]1OC(COCc2ccccc2)[C@H](C)[C@H](C)C1C)NC(=O)CCCCCCCCCC(=O)OCc1ccccc1.